The molecule has 2 amide bonds. The molecule has 0 saturated heterocycles. The van der Waals surface area contributed by atoms with Crippen molar-refractivity contribution in [1.82, 2.24) is 10.6 Å². The number of phenols is 1. The van der Waals surface area contributed by atoms with Gasteiger partial charge in [0.1, 0.15) is 35.2 Å². The van der Waals surface area contributed by atoms with E-state index in [4.69, 9.17) is 50.6 Å². The first-order valence-electron chi connectivity index (χ1n) is 18.9. The third-order valence-electron chi connectivity index (χ3n) is 11.3. The first kappa shape index (κ1) is 50.6. The maximum atomic E-state index is 12.8. The fraction of sp³-hybridized carbons (Fsp3) is 0.370. The number of esters is 1. The molecule has 0 atom stereocenters. The second-order valence-corrected chi connectivity index (χ2v) is 18.0. The molecule has 2 saturated carbocycles. The van der Waals surface area contributed by atoms with Crippen LogP contribution in [0.2, 0.25) is 10.0 Å². The van der Waals surface area contributed by atoms with Gasteiger partial charge in [-0.3, -0.25) is 14.4 Å². The summed E-state index contributed by atoms with van der Waals surface area (Å²) >= 11 is 12.3. The van der Waals surface area contributed by atoms with Crippen molar-refractivity contribution in [2.24, 2.45) is 21.7 Å². The zero-order valence-electron chi connectivity index (χ0n) is 35.9. The van der Waals surface area contributed by atoms with E-state index in [0.717, 1.165) is 0 Å². The molecule has 0 heterocycles. The maximum Gasteiger partial charge on any atom is 1.00 e. The SMILES string of the molecule is [C-]#[N+]c1ccc(OC2C(C)(C)C(NC(=O)c3ccc(O)cc3)C2(C)C)cc1Cl.[C-]#[N+]c1ccc(OC2C(C)(C)C(NC(=O)c3ccc(OC(C)=O)cc3)C2(C)C)cc1Cl.[Na+].[OH-]. The van der Waals surface area contributed by atoms with E-state index in [0.29, 0.717) is 49.8 Å². The van der Waals surface area contributed by atoms with E-state index in [1.165, 1.54) is 19.1 Å². The molecule has 0 aliphatic heterocycles. The standard InChI is InChI=1S/C24H25ClN2O4.C22H23ClN2O3.Na.H2O/c1-14(28)30-16-9-7-15(8-10-16)20(29)27-21-23(2,3)22(24(21,4)5)31-17-11-12-19(26-6)18(25)13-17;1-21(2)19(25-18(27)13-6-8-14(26)9-7-13)22(3,4)20(21)28-15-10-11-17(24-5)16(23)12-15;;/h7-13,21-22H,1-5H3,(H,27,29);6-12,19-20,26H,1-4H3,(H,25,27);;1H2/q;;+1;/p-1. The summed E-state index contributed by atoms with van der Waals surface area (Å²) < 4.78 is 17.5. The third-order valence-corrected chi connectivity index (χ3v) is 11.9. The number of benzene rings is 4. The largest absolute Gasteiger partial charge is 1.00 e. The van der Waals surface area contributed by atoms with E-state index >= 15 is 0 Å². The fourth-order valence-electron chi connectivity index (χ4n) is 9.06. The van der Waals surface area contributed by atoms with Crippen LogP contribution in [0.25, 0.3) is 9.69 Å². The van der Waals surface area contributed by atoms with Crippen LogP contribution in [-0.2, 0) is 4.79 Å². The Labute approximate surface area is 389 Å². The van der Waals surface area contributed by atoms with E-state index in [9.17, 15) is 19.5 Å². The van der Waals surface area contributed by atoms with Gasteiger partial charge in [0.2, 0.25) is 11.4 Å². The first-order chi connectivity index (χ1) is 27.5. The monoisotopic (exact) mass is 878 g/mol. The van der Waals surface area contributed by atoms with Gasteiger partial charge in [0, 0.05) is 51.8 Å². The summed E-state index contributed by atoms with van der Waals surface area (Å²) in [7, 11) is 0. The van der Waals surface area contributed by atoms with Crippen LogP contribution in [0.15, 0.2) is 84.9 Å². The molecule has 6 rings (SSSR count). The van der Waals surface area contributed by atoms with Crippen LogP contribution in [0, 0.1) is 34.8 Å². The van der Waals surface area contributed by atoms with Gasteiger partial charge in [-0.25, -0.2) is 9.69 Å². The minimum atomic E-state index is -0.411. The van der Waals surface area contributed by atoms with E-state index in [-0.39, 0.29) is 98.5 Å². The van der Waals surface area contributed by atoms with Crippen LogP contribution in [0.3, 0.4) is 0 Å². The predicted molar refractivity (Wildman–Crippen MR) is 230 cm³/mol. The van der Waals surface area contributed by atoms with Crippen molar-refractivity contribution < 1.29 is 68.7 Å². The van der Waals surface area contributed by atoms with Crippen LogP contribution in [0.5, 0.6) is 23.0 Å². The first-order valence-corrected chi connectivity index (χ1v) is 19.7. The Bertz CT molecular complexity index is 2310. The number of hydrogen-bond donors (Lipinski definition) is 3. The zero-order valence-corrected chi connectivity index (χ0v) is 39.4. The molecule has 4 aromatic carbocycles. The molecular weight excluding hydrogens is 830 g/mol. The molecule has 0 spiro atoms. The van der Waals surface area contributed by atoms with Gasteiger partial charge >= 0.3 is 35.5 Å². The summed E-state index contributed by atoms with van der Waals surface area (Å²) in [6.45, 7) is 31.9. The van der Waals surface area contributed by atoms with Gasteiger partial charge in [0.05, 0.1) is 23.2 Å². The van der Waals surface area contributed by atoms with Crippen molar-refractivity contribution in [2.75, 3.05) is 0 Å². The Morgan fingerprint density at radius 3 is 1.25 bits per heavy atom. The summed E-state index contributed by atoms with van der Waals surface area (Å²) in [6, 6.07) is 22.5. The quantitative estimate of drug-likeness (QED) is 0.0676. The molecule has 4 N–H and O–H groups in total. The molecule has 61 heavy (non-hydrogen) atoms. The summed E-state index contributed by atoms with van der Waals surface area (Å²) in [6.07, 6.45) is -0.327. The molecule has 4 aromatic rings. The van der Waals surface area contributed by atoms with Gasteiger partial charge in [0.15, 0.2) is 0 Å². The number of rotatable bonds is 9. The number of halogens is 2. The molecule has 2 aliphatic carbocycles. The Morgan fingerprint density at radius 2 is 0.934 bits per heavy atom. The van der Waals surface area contributed by atoms with Crippen molar-refractivity contribution in [2.45, 2.75) is 86.6 Å². The average Bonchev–Trinajstić information content (AvgIpc) is 3.17. The van der Waals surface area contributed by atoms with Crippen LogP contribution >= 0.6 is 23.2 Å². The molecule has 316 valence electrons. The predicted octanol–water partition coefficient (Wildman–Crippen LogP) is 7.46. The normalized spacial score (nSPS) is 20.5. The molecule has 0 unspecified atom stereocenters. The molecule has 0 radical (unpaired) electrons. The topological polar surface area (TPSA) is 162 Å². The number of phenolic OH excluding ortho intramolecular Hbond substituents is 1. The number of hydrogen-bond acceptors (Lipinski definition) is 8. The van der Waals surface area contributed by atoms with E-state index in [1.807, 2.05) is 27.7 Å². The Morgan fingerprint density at radius 1 is 0.607 bits per heavy atom. The number of nitrogens with zero attached hydrogens (tertiary/aromatic N) is 2. The molecule has 15 heteroatoms. The molecular formula is C46H49Cl2N4NaO8. The smallest absolute Gasteiger partial charge is 0.870 e. The number of nitrogens with one attached hydrogen (secondary N) is 2. The molecule has 0 bridgehead atoms. The van der Waals surface area contributed by atoms with Crippen molar-refractivity contribution in [3.8, 4) is 23.0 Å². The van der Waals surface area contributed by atoms with Crippen LogP contribution < -0.4 is 54.4 Å². The molecule has 0 aromatic heterocycles. The average molecular weight is 880 g/mol. The van der Waals surface area contributed by atoms with Gasteiger partial charge in [-0.2, -0.15) is 0 Å². The summed E-state index contributed by atoms with van der Waals surface area (Å²) in [5.74, 6) is 0.909. The van der Waals surface area contributed by atoms with Gasteiger partial charge in [-0.15, -0.1) is 0 Å². The second-order valence-electron chi connectivity index (χ2n) is 17.2. The summed E-state index contributed by atoms with van der Waals surface area (Å²) in [5.41, 5.74) is 0.417. The van der Waals surface area contributed by atoms with Gasteiger partial charge in [-0.1, -0.05) is 90.7 Å². The number of aromatic hydroxyl groups is 1. The van der Waals surface area contributed by atoms with Crippen molar-refractivity contribution in [3.63, 3.8) is 0 Å². The maximum absolute atomic E-state index is 12.8. The minimum Gasteiger partial charge on any atom is -0.870 e. The molecule has 2 aliphatic rings. The number of carbonyl (C=O) groups excluding carboxylic acids is 3. The number of amides is 2. The number of ether oxygens (including phenoxy) is 3. The molecule has 2 fully saturated rings. The van der Waals surface area contributed by atoms with Crippen molar-refractivity contribution >= 4 is 52.4 Å². The minimum absolute atomic E-state index is 0. The zero-order chi connectivity index (χ0) is 43.7. The number of carbonyl (C=O) groups is 3. The second kappa shape index (κ2) is 19.5. The summed E-state index contributed by atoms with van der Waals surface area (Å²) in [5, 5.41) is 16.3. The van der Waals surface area contributed by atoms with Crippen LogP contribution in [0.1, 0.15) is 83.0 Å². The molecule has 12 nitrogen and oxygen atoms in total. The van der Waals surface area contributed by atoms with Crippen molar-refractivity contribution in [3.05, 3.63) is 129 Å². The van der Waals surface area contributed by atoms with E-state index < -0.39 is 5.97 Å². The van der Waals surface area contributed by atoms with Gasteiger partial charge in [-0.05, 0) is 72.8 Å². The van der Waals surface area contributed by atoms with E-state index in [2.05, 4.69) is 48.0 Å². The van der Waals surface area contributed by atoms with Crippen molar-refractivity contribution in [1.29, 1.82) is 0 Å². The van der Waals surface area contributed by atoms with Gasteiger partial charge < -0.3 is 35.4 Å². The third kappa shape index (κ3) is 10.6. The fourth-order valence-corrected chi connectivity index (χ4v) is 9.48. The van der Waals surface area contributed by atoms with Gasteiger partial charge in [0.25, 0.3) is 11.8 Å². The van der Waals surface area contributed by atoms with E-state index in [1.54, 1.807) is 72.8 Å². The van der Waals surface area contributed by atoms with Crippen LogP contribution in [0.4, 0.5) is 11.4 Å². The van der Waals surface area contributed by atoms with Crippen LogP contribution in [-0.4, -0.2) is 52.7 Å². The Hall–Kier alpha value is -4.79. The summed E-state index contributed by atoms with van der Waals surface area (Å²) in [4.78, 5) is 43.2. The Balaban J connectivity index is 0.000000316. The Kier molecular flexibility index (Phi) is 16.2.